The van der Waals surface area contributed by atoms with Crippen LogP contribution in [0.15, 0.2) is 30.3 Å². The number of hydrogen-bond donors (Lipinski definition) is 2. The van der Waals surface area contributed by atoms with Crippen molar-refractivity contribution in [3.8, 4) is 0 Å². The second kappa shape index (κ2) is 8.00. The number of hydrogen-bond acceptors (Lipinski definition) is 3. The molecule has 1 fully saturated rings. The number of carbonyl (C=O) groups excluding carboxylic acids is 2. The smallest absolute Gasteiger partial charge is 0.244 e. The summed E-state index contributed by atoms with van der Waals surface area (Å²) >= 11 is 0. The number of likely N-dealkylation sites (tertiary alicyclic amines) is 1. The Kier molecular flexibility index (Phi) is 6.65. The van der Waals surface area contributed by atoms with Gasteiger partial charge in [0.25, 0.3) is 0 Å². The van der Waals surface area contributed by atoms with Gasteiger partial charge in [0.2, 0.25) is 11.8 Å². The van der Waals surface area contributed by atoms with E-state index in [4.69, 9.17) is 5.73 Å². The molecule has 0 bridgehead atoms. The lowest BCUT2D eigenvalue weighted by atomic mass is 9.95. The summed E-state index contributed by atoms with van der Waals surface area (Å²) < 4.78 is 0. The van der Waals surface area contributed by atoms with Crippen LogP contribution in [0.3, 0.4) is 0 Å². The van der Waals surface area contributed by atoms with E-state index in [0.717, 1.165) is 5.56 Å². The number of piperidine rings is 1. The van der Waals surface area contributed by atoms with E-state index >= 15 is 0 Å². The van der Waals surface area contributed by atoms with Crippen LogP contribution >= 0.6 is 12.4 Å². The molecule has 1 aliphatic rings. The molecule has 6 heteroatoms. The number of benzene rings is 1. The monoisotopic (exact) mass is 311 g/mol. The lowest BCUT2D eigenvalue weighted by molar-refractivity contribution is -0.136. The Hall–Kier alpha value is -1.59. The molecule has 1 unspecified atom stereocenters. The van der Waals surface area contributed by atoms with Crippen LogP contribution in [0.5, 0.6) is 0 Å². The minimum atomic E-state index is -0.618. The summed E-state index contributed by atoms with van der Waals surface area (Å²) in [7, 11) is 1.64. The van der Waals surface area contributed by atoms with Crippen LogP contribution in [-0.2, 0) is 9.59 Å². The van der Waals surface area contributed by atoms with Gasteiger partial charge in [-0.25, -0.2) is 0 Å². The number of halogens is 1. The zero-order valence-corrected chi connectivity index (χ0v) is 12.9. The molecule has 21 heavy (non-hydrogen) atoms. The molecule has 0 spiro atoms. The fraction of sp³-hybridized carbons (Fsp3) is 0.467. The van der Waals surface area contributed by atoms with Crippen LogP contribution in [0.2, 0.25) is 0 Å². The molecule has 0 aliphatic carbocycles. The van der Waals surface area contributed by atoms with Crippen LogP contribution in [0.1, 0.15) is 24.4 Å². The highest BCUT2D eigenvalue weighted by atomic mass is 35.5. The van der Waals surface area contributed by atoms with Crippen molar-refractivity contribution < 1.29 is 9.59 Å². The highest BCUT2D eigenvalue weighted by molar-refractivity contribution is 5.85. The second-order valence-corrected chi connectivity index (χ2v) is 5.10. The first kappa shape index (κ1) is 17.5. The topological polar surface area (TPSA) is 75.4 Å². The van der Waals surface area contributed by atoms with Gasteiger partial charge in [-0.3, -0.25) is 9.59 Å². The summed E-state index contributed by atoms with van der Waals surface area (Å²) in [4.78, 5) is 25.7. The van der Waals surface area contributed by atoms with E-state index in [1.807, 2.05) is 30.3 Å². The lowest BCUT2D eigenvalue weighted by Gasteiger charge is -2.32. The number of amides is 2. The molecule has 1 saturated heterocycles. The normalized spacial score (nSPS) is 16.8. The molecular formula is C15H22ClN3O2. The molecule has 1 heterocycles. The summed E-state index contributed by atoms with van der Waals surface area (Å²) in [6, 6.07) is 8.75. The average Bonchev–Trinajstić information content (AvgIpc) is 2.53. The van der Waals surface area contributed by atoms with Crippen molar-refractivity contribution in [2.45, 2.75) is 18.9 Å². The van der Waals surface area contributed by atoms with Crippen LogP contribution in [0.4, 0.5) is 0 Å². The minimum absolute atomic E-state index is 0. The van der Waals surface area contributed by atoms with Gasteiger partial charge in [-0.2, -0.15) is 0 Å². The third kappa shape index (κ3) is 4.19. The standard InChI is InChI=1S/C15H21N3O2.ClH/c1-17-14(19)12-7-9-18(10-8-12)15(20)13(16)11-5-3-2-4-6-11;/h2-6,12-13H,7-10,16H2,1H3,(H,17,19);1H. The van der Waals surface area contributed by atoms with Crippen LogP contribution in [0, 0.1) is 5.92 Å². The SMILES string of the molecule is CNC(=O)C1CCN(C(=O)C(N)c2ccccc2)CC1.Cl. The van der Waals surface area contributed by atoms with Gasteiger partial charge in [0.05, 0.1) is 0 Å². The summed E-state index contributed by atoms with van der Waals surface area (Å²) in [5, 5.41) is 2.66. The second-order valence-electron chi connectivity index (χ2n) is 5.10. The highest BCUT2D eigenvalue weighted by Crippen LogP contribution is 2.20. The van der Waals surface area contributed by atoms with Crippen molar-refractivity contribution in [2.75, 3.05) is 20.1 Å². The number of rotatable bonds is 3. The van der Waals surface area contributed by atoms with E-state index in [2.05, 4.69) is 5.32 Å². The molecule has 2 amide bonds. The van der Waals surface area contributed by atoms with Crippen molar-refractivity contribution in [1.29, 1.82) is 0 Å². The maximum absolute atomic E-state index is 12.3. The Bertz CT molecular complexity index is 473. The van der Waals surface area contributed by atoms with Crippen LogP contribution < -0.4 is 11.1 Å². The largest absolute Gasteiger partial charge is 0.359 e. The fourth-order valence-corrected chi connectivity index (χ4v) is 2.57. The molecule has 1 atom stereocenters. The molecule has 116 valence electrons. The Labute approximate surface area is 131 Å². The van der Waals surface area contributed by atoms with Crippen molar-refractivity contribution >= 4 is 24.2 Å². The van der Waals surface area contributed by atoms with Crippen LogP contribution in [-0.4, -0.2) is 36.9 Å². The van der Waals surface area contributed by atoms with Gasteiger partial charge < -0.3 is 16.0 Å². The summed E-state index contributed by atoms with van der Waals surface area (Å²) in [6.07, 6.45) is 1.40. The van der Waals surface area contributed by atoms with E-state index in [9.17, 15) is 9.59 Å². The van der Waals surface area contributed by atoms with Gasteiger partial charge >= 0.3 is 0 Å². The Balaban J connectivity index is 0.00000220. The van der Waals surface area contributed by atoms with Crippen molar-refractivity contribution in [1.82, 2.24) is 10.2 Å². The minimum Gasteiger partial charge on any atom is -0.359 e. The van der Waals surface area contributed by atoms with Crippen LogP contribution in [0.25, 0.3) is 0 Å². The predicted octanol–water partition coefficient (Wildman–Crippen LogP) is 1.09. The lowest BCUT2D eigenvalue weighted by Crippen LogP contribution is -2.45. The third-order valence-electron chi connectivity index (χ3n) is 3.85. The fourth-order valence-electron chi connectivity index (χ4n) is 2.57. The predicted molar refractivity (Wildman–Crippen MR) is 84.0 cm³/mol. The molecule has 0 radical (unpaired) electrons. The third-order valence-corrected chi connectivity index (χ3v) is 3.85. The van der Waals surface area contributed by atoms with Crippen molar-refractivity contribution in [3.63, 3.8) is 0 Å². The summed E-state index contributed by atoms with van der Waals surface area (Å²) in [5.74, 6) is 0.00742. The Morgan fingerprint density at radius 1 is 1.24 bits per heavy atom. The first-order valence-electron chi connectivity index (χ1n) is 6.94. The number of nitrogens with two attached hydrogens (primary N) is 1. The highest BCUT2D eigenvalue weighted by Gasteiger charge is 2.29. The first-order valence-corrected chi connectivity index (χ1v) is 6.94. The summed E-state index contributed by atoms with van der Waals surface area (Å²) in [5.41, 5.74) is 6.84. The first-order chi connectivity index (χ1) is 9.63. The Morgan fingerprint density at radius 2 is 1.81 bits per heavy atom. The van der Waals surface area contributed by atoms with E-state index in [1.54, 1.807) is 11.9 Å². The molecule has 0 aromatic heterocycles. The molecule has 0 saturated carbocycles. The summed E-state index contributed by atoms with van der Waals surface area (Å²) in [6.45, 7) is 1.19. The van der Waals surface area contributed by atoms with Gasteiger partial charge in [0, 0.05) is 26.1 Å². The number of nitrogens with one attached hydrogen (secondary N) is 1. The molecule has 2 rings (SSSR count). The number of nitrogens with zero attached hydrogens (tertiary/aromatic N) is 1. The van der Waals surface area contributed by atoms with Gasteiger partial charge in [0.1, 0.15) is 6.04 Å². The van der Waals surface area contributed by atoms with Gasteiger partial charge in [-0.05, 0) is 18.4 Å². The maximum Gasteiger partial charge on any atom is 0.244 e. The van der Waals surface area contributed by atoms with E-state index in [-0.39, 0.29) is 30.1 Å². The molecule has 1 aromatic rings. The zero-order valence-electron chi connectivity index (χ0n) is 12.1. The van der Waals surface area contributed by atoms with E-state index in [1.165, 1.54) is 0 Å². The molecule has 5 nitrogen and oxygen atoms in total. The van der Waals surface area contributed by atoms with E-state index in [0.29, 0.717) is 25.9 Å². The Morgan fingerprint density at radius 3 is 2.33 bits per heavy atom. The quantitative estimate of drug-likeness (QED) is 0.877. The van der Waals surface area contributed by atoms with Crippen molar-refractivity contribution in [2.24, 2.45) is 11.7 Å². The molecular weight excluding hydrogens is 290 g/mol. The van der Waals surface area contributed by atoms with E-state index < -0.39 is 6.04 Å². The molecule has 3 N–H and O–H groups in total. The maximum atomic E-state index is 12.3. The van der Waals surface area contributed by atoms with Crippen molar-refractivity contribution in [3.05, 3.63) is 35.9 Å². The molecule has 1 aliphatic heterocycles. The molecule has 1 aromatic carbocycles. The number of carbonyl (C=O) groups is 2. The van der Waals surface area contributed by atoms with Gasteiger partial charge in [0.15, 0.2) is 0 Å². The zero-order chi connectivity index (χ0) is 14.5. The average molecular weight is 312 g/mol. The van der Waals surface area contributed by atoms with Gasteiger partial charge in [-0.1, -0.05) is 30.3 Å². The van der Waals surface area contributed by atoms with Gasteiger partial charge in [-0.15, -0.1) is 12.4 Å².